The van der Waals surface area contributed by atoms with Crippen molar-refractivity contribution >= 4 is 5.91 Å². The number of carbonyl (C=O) groups excluding carboxylic acids is 1. The largest absolute Gasteiger partial charge is 0.457 e. The van der Waals surface area contributed by atoms with Crippen molar-refractivity contribution in [2.45, 2.75) is 44.9 Å². The summed E-state index contributed by atoms with van der Waals surface area (Å²) in [5, 5.41) is 3.01. The van der Waals surface area contributed by atoms with Gasteiger partial charge < -0.3 is 10.1 Å². The SMILES string of the molecule is O=C(CCc1cccc(Oc2ccc(F)cc2)c1)NCCC1=CCCCC1. The Kier molecular flexibility index (Phi) is 7.03. The zero-order valence-electron chi connectivity index (χ0n) is 15.5. The molecule has 1 N–H and O–H groups in total. The van der Waals surface area contributed by atoms with Gasteiger partial charge in [-0.1, -0.05) is 23.8 Å². The molecule has 2 aromatic carbocycles. The Morgan fingerprint density at radius 1 is 1.04 bits per heavy atom. The molecular weight excluding hydrogens is 341 g/mol. The summed E-state index contributed by atoms with van der Waals surface area (Å²) in [4.78, 5) is 12.1. The van der Waals surface area contributed by atoms with E-state index in [-0.39, 0.29) is 11.7 Å². The summed E-state index contributed by atoms with van der Waals surface area (Å²) in [7, 11) is 0. The number of nitrogens with one attached hydrogen (secondary N) is 1. The number of allylic oxidation sites excluding steroid dienone is 1. The lowest BCUT2D eigenvalue weighted by Gasteiger charge is -2.13. The maximum atomic E-state index is 13.0. The molecule has 0 aliphatic heterocycles. The fraction of sp³-hybridized carbons (Fsp3) is 0.348. The standard InChI is InChI=1S/C23H26FNO2/c24-20-10-12-21(13-11-20)27-22-8-4-7-19(17-22)9-14-23(26)25-16-15-18-5-2-1-3-6-18/h4-5,7-8,10-13,17H,1-3,6,9,14-16H2,(H,25,26). The molecule has 3 rings (SSSR count). The van der Waals surface area contributed by atoms with Crippen molar-refractivity contribution in [2.75, 3.05) is 6.54 Å². The van der Waals surface area contributed by atoms with Crippen LogP contribution in [0.3, 0.4) is 0 Å². The fourth-order valence-corrected chi connectivity index (χ4v) is 3.24. The van der Waals surface area contributed by atoms with Crippen molar-refractivity contribution in [3.63, 3.8) is 0 Å². The summed E-state index contributed by atoms with van der Waals surface area (Å²) >= 11 is 0. The van der Waals surface area contributed by atoms with E-state index in [0.717, 1.165) is 18.5 Å². The van der Waals surface area contributed by atoms with Gasteiger partial charge in [-0.3, -0.25) is 4.79 Å². The average molecular weight is 367 g/mol. The molecule has 0 saturated carbocycles. The summed E-state index contributed by atoms with van der Waals surface area (Å²) in [5.74, 6) is 1.06. The van der Waals surface area contributed by atoms with Crippen LogP contribution in [0.2, 0.25) is 0 Å². The maximum absolute atomic E-state index is 13.0. The molecule has 27 heavy (non-hydrogen) atoms. The molecule has 1 aliphatic rings. The predicted molar refractivity (Wildman–Crippen MR) is 105 cm³/mol. The topological polar surface area (TPSA) is 38.3 Å². The Morgan fingerprint density at radius 2 is 1.89 bits per heavy atom. The minimum Gasteiger partial charge on any atom is -0.457 e. The Bertz CT molecular complexity index is 783. The molecule has 0 radical (unpaired) electrons. The van der Waals surface area contributed by atoms with Gasteiger partial charge in [-0.25, -0.2) is 4.39 Å². The highest BCUT2D eigenvalue weighted by Gasteiger charge is 2.06. The van der Waals surface area contributed by atoms with Gasteiger partial charge in [-0.15, -0.1) is 0 Å². The van der Waals surface area contributed by atoms with E-state index in [2.05, 4.69) is 11.4 Å². The first-order valence-corrected chi connectivity index (χ1v) is 9.66. The van der Waals surface area contributed by atoms with Gasteiger partial charge in [0.2, 0.25) is 5.91 Å². The molecule has 0 aromatic heterocycles. The predicted octanol–water partition coefficient (Wildman–Crippen LogP) is 5.56. The molecule has 0 atom stereocenters. The molecule has 2 aromatic rings. The van der Waals surface area contributed by atoms with E-state index in [9.17, 15) is 9.18 Å². The van der Waals surface area contributed by atoms with E-state index in [1.54, 1.807) is 12.1 Å². The first-order chi connectivity index (χ1) is 13.2. The van der Waals surface area contributed by atoms with Crippen LogP contribution < -0.4 is 10.1 Å². The molecule has 0 heterocycles. The number of benzene rings is 2. The molecule has 142 valence electrons. The highest BCUT2D eigenvalue weighted by molar-refractivity contribution is 5.76. The molecule has 4 heteroatoms. The third-order valence-electron chi connectivity index (χ3n) is 4.74. The Morgan fingerprint density at radius 3 is 2.67 bits per heavy atom. The van der Waals surface area contributed by atoms with Crippen molar-refractivity contribution in [3.05, 3.63) is 71.6 Å². The number of aryl methyl sites for hydroxylation is 1. The quantitative estimate of drug-likeness (QED) is 0.621. The van der Waals surface area contributed by atoms with Crippen molar-refractivity contribution < 1.29 is 13.9 Å². The van der Waals surface area contributed by atoms with Crippen molar-refractivity contribution in [2.24, 2.45) is 0 Å². The van der Waals surface area contributed by atoms with Crippen molar-refractivity contribution in [1.82, 2.24) is 5.32 Å². The summed E-state index contributed by atoms with van der Waals surface area (Å²) in [5.41, 5.74) is 2.52. The van der Waals surface area contributed by atoms with Gasteiger partial charge >= 0.3 is 0 Å². The first kappa shape index (κ1) is 19.2. The highest BCUT2D eigenvalue weighted by atomic mass is 19.1. The zero-order valence-corrected chi connectivity index (χ0v) is 15.5. The number of hydrogen-bond acceptors (Lipinski definition) is 2. The number of ether oxygens (including phenoxy) is 1. The second-order valence-corrected chi connectivity index (χ2v) is 6.91. The Balaban J connectivity index is 1.42. The van der Waals surface area contributed by atoms with Gasteiger partial charge in [-0.2, -0.15) is 0 Å². The van der Waals surface area contributed by atoms with Gasteiger partial charge in [0.25, 0.3) is 0 Å². The van der Waals surface area contributed by atoms with E-state index < -0.39 is 0 Å². The number of halogens is 1. The lowest BCUT2D eigenvalue weighted by molar-refractivity contribution is -0.121. The summed E-state index contributed by atoms with van der Waals surface area (Å²) in [6.07, 6.45) is 9.33. The zero-order chi connectivity index (χ0) is 18.9. The smallest absolute Gasteiger partial charge is 0.220 e. The summed E-state index contributed by atoms with van der Waals surface area (Å²) in [6, 6.07) is 13.6. The Hall–Kier alpha value is -2.62. The molecule has 0 unspecified atom stereocenters. The summed E-state index contributed by atoms with van der Waals surface area (Å²) in [6.45, 7) is 0.721. The fourth-order valence-electron chi connectivity index (χ4n) is 3.24. The second-order valence-electron chi connectivity index (χ2n) is 6.91. The van der Waals surface area contributed by atoms with Crippen LogP contribution in [0.1, 0.15) is 44.1 Å². The minimum atomic E-state index is -0.290. The number of amides is 1. The molecule has 0 saturated heterocycles. The lowest BCUT2D eigenvalue weighted by Crippen LogP contribution is -2.25. The van der Waals surface area contributed by atoms with Crippen LogP contribution in [-0.4, -0.2) is 12.5 Å². The van der Waals surface area contributed by atoms with E-state index in [1.807, 2.05) is 24.3 Å². The molecule has 0 bridgehead atoms. The number of carbonyl (C=O) groups is 1. The van der Waals surface area contributed by atoms with Gasteiger partial charge in [0.15, 0.2) is 0 Å². The van der Waals surface area contributed by atoms with Crippen LogP contribution in [0.15, 0.2) is 60.2 Å². The van der Waals surface area contributed by atoms with Crippen LogP contribution >= 0.6 is 0 Å². The third-order valence-corrected chi connectivity index (χ3v) is 4.74. The van der Waals surface area contributed by atoms with E-state index in [0.29, 0.717) is 24.3 Å². The average Bonchev–Trinajstić information content (AvgIpc) is 2.69. The van der Waals surface area contributed by atoms with Crippen molar-refractivity contribution in [3.8, 4) is 11.5 Å². The van der Waals surface area contributed by atoms with Crippen LogP contribution in [0.4, 0.5) is 4.39 Å². The normalized spacial score (nSPS) is 13.7. The minimum absolute atomic E-state index is 0.0799. The van der Waals surface area contributed by atoms with Crippen molar-refractivity contribution in [1.29, 1.82) is 0 Å². The lowest BCUT2D eigenvalue weighted by atomic mass is 9.97. The molecule has 0 fully saturated rings. The van der Waals surface area contributed by atoms with Crippen LogP contribution in [0.25, 0.3) is 0 Å². The van der Waals surface area contributed by atoms with Gasteiger partial charge in [-0.05, 0) is 80.5 Å². The molecule has 1 amide bonds. The van der Waals surface area contributed by atoms with Gasteiger partial charge in [0.05, 0.1) is 0 Å². The van der Waals surface area contributed by atoms with Crippen LogP contribution in [0, 0.1) is 5.82 Å². The number of hydrogen-bond donors (Lipinski definition) is 1. The first-order valence-electron chi connectivity index (χ1n) is 9.66. The van der Waals surface area contributed by atoms with E-state index in [4.69, 9.17) is 4.74 Å². The summed E-state index contributed by atoms with van der Waals surface area (Å²) < 4.78 is 18.7. The van der Waals surface area contributed by atoms with Gasteiger partial charge in [0.1, 0.15) is 17.3 Å². The van der Waals surface area contributed by atoms with E-state index >= 15 is 0 Å². The van der Waals surface area contributed by atoms with Crippen LogP contribution in [0.5, 0.6) is 11.5 Å². The van der Waals surface area contributed by atoms with E-state index in [1.165, 1.54) is 43.4 Å². The highest BCUT2D eigenvalue weighted by Crippen LogP contribution is 2.23. The van der Waals surface area contributed by atoms with Crippen LogP contribution in [-0.2, 0) is 11.2 Å². The third kappa shape index (κ3) is 6.55. The van der Waals surface area contributed by atoms with Gasteiger partial charge in [0, 0.05) is 13.0 Å². The maximum Gasteiger partial charge on any atom is 0.220 e. The number of rotatable bonds is 8. The molecular formula is C23H26FNO2. The molecule has 1 aliphatic carbocycles. The molecule has 3 nitrogen and oxygen atoms in total. The monoisotopic (exact) mass is 367 g/mol. The second kappa shape index (κ2) is 9.91. The molecule has 0 spiro atoms. The Labute approximate surface area is 160 Å².